The molecule has 80 heavy (non-hydrogen) atoms. The summed E-state index contributed by atoms with van der Waals surface area (Å²) in [7, 11) is 0. The van der Waals surface area contributed by atoms with Crippen molar-refractivity contribution >= 4 is 93.3 Å². The van der Waals surface area contributed by atoms with E-state index in [9.17, 15) is 0 Å². The van der Waals surface area contributed by atoms with Crippen molar-refractivity contribution in [1.29, 1.82) is 0 Å². The zero-order valence-corrected chi connectivity index (χ0v) is 47.0. The SMILES string of the molecule is CCC(C)c1cccc(C(c2ccccc2)c2ccc3c(c2)oc2c3cc3c(-c4c(C)cccc4C)cc4c5oc6cc(N(c7ccccc7)c7cccc(C(C)CC)c7)ccc6c5cc5c(-c6c(C)cccc6C)cc2c3c54)c1. The molecule has 3 unspecified atom stereocenters. The first kappa shape index (κ1) is 49.4. The Balaban J connectivity index is 1.07. The quantitative estimate of drug-likeness (QED) is 0.0902. The molecule has 0 N–H and O–H groups in total. The van der Waals surface area contributed by atoms with Crippen LogP contribution >= 0.6 is 0 Å². The van der Waals surface area contributed by atoms with Gasteiger partial charge in [0.15, 0.2) is 0 Å². The van der Waals surface area contributed by atoms with Gasteiger partial charge < -0.3 is 13.7 Å². The lowest BCUT2D eigenvalue weighted by molar-refractivity contribution is 0.671. The van der Waals surface area contributed by atoms with Gasteiger partial charge in [-0.3, -0.25) is 0 Å². The van der Waals surface area contributed by atoms with E-state index in [1.807, 2.05) is 0 Å². The molecule has 2 aromatic heterocycles. The Morgan fingerprint density at radius 2 is 0.775 bits per heavy atom. The highest BCUT2D eigenvalue weighted by atomic mass is 16.3. The van der Waals surface area contributed by atoms with Gasteiger partial charge in [-0.1, -0.05) is 161 Å². The Morgan fingerprint density at radius 3 is 1.34 bits per heavy atom. The largest absolute Gasteiger partial charge is 0.455 e. The molecular formula is C77H65NO2. The van der Waals surface area contributed by atoms with Gasteiger partial charge in [0.25, 0.3) is 0 Å². The molecular weight excluding hydrogens is 971 g/mol. The van der Waals surface area contributed by atoms with Crippen LogP contribution in [0.2, 0.25) is 0 Å². The average Bonchev–Trinajstić information content (AvgIpc) is 4.17. The van der Waals surface area contributed by atoms with Crippen LogP contribution in [0.5, 0.6) is 0 Å². The standard InChI is InChI=1S/C77H65NO2/c1-9-45(3)52-27-19-29-54(37-52)73(51-25-13-11-14-26-51)55-33-35-59-65-41-63-62(72-49(7)23-18-24-50(72)8)44-68-75-64(61(71-47(5)21-17-22-48(71)6)43-67(74(63)75)76(65)79-69(59)39-55)42-66-60-36-34-58(40-70(60)80-77(66)68)78(56-30-15-12-16-31-56)57-32-20-28-53(38-57)46(4)10-2/h11-46,73H,9-10H2,1-8H3. The van der Waals surface area contributed by atoms with Crippen molar-refractivity contribution in [2.24, 2.45) is 0 Å². The van der Waals surface area contributed by atoms with Gasteiger partial charge in [-0.15, -0.1) is 0 Å². The van der Waals surface area contributed by atoms with E-state index >= 15 is 0 Å². The summed E-state index contributed by atoms with van der Waals surface area (Å²) in [6.07, 6.45) is 2.17. The summed E-state index contributed by atoms with van der Waals surface area (Å²) < 4.78 is 14.9. The van der Waals surface area contributed by atoms with Crippen molar-refractivity contribution in [3.63, 3.8) is 0 Å². The molecule has 2 heterocycles. The molecule has 0 aliphatic heterocycles. The molecule has 0 radical (unpaired) electrons. The summed E-state index contributed by atoms with van der Waals surface area (Å²) in [6.45, 7) is 18.2. The van der Waals surface area contributed by atoms with Gasteiger partial charge in [0.2, 0.25) is 0 Å². The predicted molar refractivity (Wildman–Crippen MR) is 340 cm³/mol. The molecule has 0 bridgehead atoms. The smallest absolute Gasteiger partial charge is 0.143 e. The van der Waals surface area contributed by atoms with Crippen LogP contribution in [0.4, 0.5) is 17.1 Å². The van der Waals surface area contributed by atoms with Crippen LogP contribution < -0.4 is 4.90 Å². The summed E-state index contributed by atoms with van der Waals surface area (Å²) in [5, 5.41) is 11.4. The van der Waals surface area contributed by atoms with E-state index in [2.05, 4.69) is 267 Å². The van der Waals surface area contributed by atoms with Crippen LogP contribution in [-0.4, -0.2) is 0 Å². The topological polar surface area (TPSA) is 29.5 Å². The molecule has 0 spiro atoms. The number of hydrogen-bond acceptors (Lipinski definition) is 3. The van der Waals surface area contributed by atoms with Crippen molar-refractivity contribution in [3.8, 4) is 22.3 Å². The second-order valence-electron chi connectivity index (χ2n) is 22.9. The maximum Gasteiger partial charge on any atom is 0.143 e. The van der Waals surface area contributed by atoms with Crippen molar-refractivity contribution < 1.29 is 8.83 Å². The zero-order chi connectivity index (χ0) is 54.5. The molecule has 0 saturated carbocycles. The maximum atomic E-state index is 7.44. The molecule has 0 aliphatic carbocycles. The first-order valence-electron chi connectivity index (χ1n) is 28.8. The van der Waals surface area contributed by atoms with Crippen molar-refractivity contribution in [3.05, 3.63) is 256 Å². The molecule has 390 valence electrons. The third-order valence-corrected chi connectivity index (χ3v) is 18.0. The number of rotatable bonds is 12. The van der Waals surface area contributed by atoms with Gasteiger partial charge in [0.1, 0.15) is 22.3 Å². The highest BCUT2D eigenvalue weighted by molar-refractivity contribution is 6.38. The number of furan rings is 2. The number of anilines is 3. The van der Waals surface area contributed by atoms with Crippen molar-refractivity contribution in [1.82, 2.24) is 0 Å². The fourth-order valence-electron chi connectivity index (χ4n) is 13.5. The lowest BCUT2D eigenvalue weighted by atomic mass is 9.81. The molecule has 0 fully saturated rings. The first-order valence-corrected chi connectivity index (χ1v) is 28.8. The van der Waals surface area contributed by atoms with E-state index in [-0.39, 0.29) is 5.92 Å². The van der Waals surface area contributed by atoms with Gasteiger partial charge in [-0.25, -0.2) is 0 Å². The maximum absolute atomic E-state index is 7.44. The highest BCUT2D eigenvalue weighted by Gasteiger charge is 2.28. The molecule has 3 heteroatoms. The van der Waals surface area contributed by atoms with Gasteiger partial charge in [-0.05, 0) is 202 Å². The van der Waals surface area contributed by atoms with Crippen molar-refractivity contribution in [2.45, 2.75) is 86.0 Å². The highest BCUT2D eigenvalue weighted by Crippen LogP contribution is 2.53. The predicted octanol–water partition coefficient (Wildman–Crippen LogP) is 22.6. The van der Waals surface area contributed by atoms with Crippen LogP contribution in [0.1, 0.15) is 108 Å². The molecule has 14 aromatic rings. The van der Waals surface area contributed by atoms with Crippen LogP contribution in [-0.2, 0) is 0 Å². The Bertz CT molecular complexity index is 4370. The number of fused-ring (bicyclic) bond motifs is 8. The summed E-state index contributed by atoms with van der Waals surface area (Å²) in [4.78, 5) is 2.37. The second kappa shape index (κ2) is 19.5. The van der Waals surface area contributed by atoms with Crippen LogP contribution in [0.25, 0.3) is 98.4 Å². The normalized spacial score (nSPS) is 13.2. The Labute approximate surface area is 469 Å². The van der Waals surface area contributed by atoms with Gasteiger partial charge in [-0.2, -0.15) is 0 Å². The number of nitrogens with zero attached hydrogens (tertiary/aromatic N) is 1. The van der Waals surface area contributed by atoms with E-state index in [1.165, 1.54) is 93.9 Å². The Morgan fingerprint density at radius 1 is 0.338 bits per heavy atom. The van der Waals surface area contributed by atoms with Crippen LogP contribution in [0.3, 0.4) is 0 Å². The summed E-state index contributed by atoms with van der Waals surface area (Å²) in [5.74, 6) is 0.938. The molecule has 12 aromatic carbocycles. The third-order valence-electron chi connectivity index (χ3n) is 18.0. The van der Waals surface area contributed by atoms with Gasteiger partial charge in [0.05, 0.1) is 0 Å². The van der Waals surface area contributed by atoms with E-state index in [1.54, 1.807) is 0 Å². The third kappa shape index (κ3) is 7.92. The lowest BCUT2D eigenvalue weighted by Gasteiger charge is -2.26. The number of hydrogen-bond donors (Lipinski definition) is 0. The Kier molecular flexibility index (Phi) is 12.0. The molecule has 14 rings (SSSR count). The fourth-order valence-corrected chi connectivity index (χ4v) is 13.5. The minimum Gasteiger partial charge on any atom is -0.455 e. The molecule has 0 aliphatic rings. The van der Waals surface area contributed by atoms with Crippen LogP contribution in [0, 0.1) is 27.7 Å². The summed E-state index contributed by atoms with van der Waals surface area (Å²) in [5.41, 5.74) is 23.1. The average molecular weight is 1040 g/mol. The van der Waals surface area contributed by atoms with Crippen molar-refractivity contribution in [2.75, 3.05) is 4.90 Å². The molecule has 3 nitrogen and oxygen atoms in total. The molecule has 0 saturated heterocycles. The van der Waals surface area contributed by atoms with Crippen LogP contribution in [0.15, 0.2) is 215 Å². The van der Waals surface area contributed by atoms with Gasteiger partial charge >= 0.3 is 0 Å². The second-order valence-corrected chi connectivity index (χ2v) is 22.9. The monoisotopic (exact) mass is 1040 g/mol. The minimum atomic E-state index is 0.0254. The van der Waals surface area contributed by atoms with E-state index in [4.69, 9.17) is 8.83 Å². The summed E-state index contributed by atoms with van der Waals surface area (Å²) >= 11 is 0. The minimum absolute atomic E-state index is 0.0254. The van der Waals surface area contributed by atoms with E-state index < -0.39 is 0 Å². The molecule has 0 amide bonds. The lowest BCUT2D eigenvalue weighted by Crippen LogP contribution is -2.10. The number of aryl methyl sites for hydroxylation is 4. The fraction of sp³-hybridized carbons (Fsp3) is 0.169. The summed E-state index contributed by atoms with van der Waals surface area (Å²) in [6, 6.07) is 76.9. The van der Waals surface area contributed by atoms with E-state index in [0.29, 0.717) is 11.8 Å². The first-order chi connectivity index (χ1) is 39.1. The molecule has 3 atom stereocenters. The number of benzene rings is 12. The van der Waals surface area contributed by atoms with E-state index in [0.717, 1.165) is 84.6 Å². The zero-order valence-electron chi connectivity index (χ0n) is 47.0. The Hall–Kier alpha value is -8.92. The van der Waals surface area contributed by atoms with Gasteiger partial charge in [0, 0.05) is 72.1 Å². The number of para-hydroxylation sites is 1.